The number of anilines is 2. The molecule has 1 atom stereocenters. The number of rotatable bonds is 4. The molecule has 1 aliphatic heterocycles. The van der Waals surface area contributed by atoms with Gasteiger partial charge in [-0.15, -0.1) is 0 Å². The second kappa shape index (κ2) is 11.3. The summed E-state index contributed by atoms with van der Waals surface area (Å²) in [6.07, 6.45) is 0. The van der Waals surface area contributed by atoms with Gasteiger partial charge in [0, 0.05) is 74.6 Å². The van der Waals surface area contributed by atoms with Gasteiger partial charge in [0.2, 0.25) is 0 Å². The largest absolute Gasteiger partial charge is 1.00 e. The van der Waals surface area contributed by atoms with Gasteiger partial charge in [0.1, 0.15) is 0 Å². The molecule has 3 aromatic carbocycles. The summed E-state index contributed by atoms with van der Waals surface area (Å²) in [5, 5.41) is 0.636. The van der Waals surface area contributed by atoms with Gasteiger partial charge in [-0.05, 0) is 36.4 Å². The quantitative estimate of drug-likeness (QED) is 0.261. The number of fused-ring (bicyclic) bond motifs is 2. The van der Waals surface area contributed by atoms with E-state index in [9.17, 15) is 14.4 Å². The molecule has 0 fully saturated rings. The Morgan fingerprint density at radius 3 is 1.97 bits per heavy atom. The fourth-order valence-electron chi connectivity index (χ4n) is 3.28. The van der Waals surface area contributed by atoms with Crippen molar-refractivity contribution in [3.8, 4) is 0 Å². The number of halogens is 1. The molecule has 149 valence electrons. The fourth-order valence-corrected chi connectivity index (χ4v) is 4.95. The van der Waals surface area contributed by atoms with Gasteiger partial charge >= 0.3 is 37.4 Å². The van der Waals surface area contributed by atoms with Gasteiger partial charge in [0.15, 0.2) is 5.09 Å². The van der Waals surface area contributed by atoms with Crippen LogP contribution in [0, 0.1) is 0 Å². The minimum Gasteiger partial charge on any atom is -0.746 e. The van der Waals surface area contributed by atoms with Crippen LogP contribution in [0.3, 0.4) is 0 Å². The first-order valence-electron chi connectivity index (χ1n) is 8.67. The van der Waals surface area contributed by atoms with Crippen LogP contribution < -0.4 is 39.4 Å². The van der Waals surface area contributed by atoms with Crippen molar-refractivity contribution in [3.05, 3.63) is 94.0 Å². The number of thioether (sulfide) groups is 1. The second-order valence-electron chi connectivity index (χ2n) is 6.37. The first kappa shape index (κ1) is 27.0. The molecule has 1 heterocycles. The zero-order valence-corrected chi connectivity index (χ0v) is 23.7. The van der Waals surface area contributed by atoms with Crippen molar-refractivity contribution in [2.45, 2.75) is 4.90 Å². The molecule has 1 radical (unpaired) electrons. The Bertz CT molecular complexity index is 1100. The van der Waals surface area contributed by atoms with Gasteiger partial charge < -0.3 is 19.2 Å². The Morgan fingerprint density at radius 2 is 1.48 bits per heavy atom. The Kier molecular flexibility index (Phi) is 9.84. The molecule has 31 heavy (non-hydrogen) atoms. The summed E-state index contributed by atoms with van der Waals surface area (Å²) in [6.45, 7) is 0. The molecular weight excluding hydrogens is 475 g/mol. The summed E-state index contributed by atoms with van der Waals surface area (Å²) in [5.41, 5.74) is 4.01. The molecule has 10 heteroatoms. The van der Waals surface area contributed by atoms with Crippen LogP contribution in [0.1, 0.15) is 11.1 Å². The summed E-state index contributed by atoms with van der Waals surface area (Å²) in [5.74, 6) is 0. The van der Waals surface area contributed by atoms with Crippen molar-refractivity contribution in [2.24, 2.45) is 0 Å². The van der Waals surface area contributed by atoms with E-state index in [1.807, 2.05) is 60.5 Å². The molecule has 3 aromatic rings. The van der Waals surface area contributed by atoms with Crippen molar-refractivity contribution >= 4 is 77.7 Å². The number of phosphoric ester groups is 1. The molecule has 5 nitrogen and oxygen atoms in total. The Labute approximate surface area is 234 Å². The summed E-state index contributed by atoms with van der Waals surface area (Å²) in [4.78, 5) is 23.9. The van der Waals surface area contributed by atoms with Crippen LogP contribution in [-0.4, -0.2) is 41.5 Å². The van der Waals surface area contributed by atoms with Crippen LogP contribution in [0.5, 0.6) is 0 Å². The van der Waals surface area contributed by atoms with E-state index in [1.54, 1.807) is 24.3 Å². The molecule has 4 rings (SSSR count). The smallest absolute Gasteiger partial charge is 0.746 e. The fraction of sp³-hybridized carbons (Fsp3) is 0.0476. The molecule has 0 aliphatic carbocycles. The molecule has 0 saturated heterocycles. The van der Waals surface area contributed by atoms with Gasteiger partial charge in [-0.25, -0.2) is 0 Å². The number of hydrogen-bond acceptors (Lipinski definition) is 5. The van der Waals surface area contributed by atoms with E-state index in [1.165, 1.54) is 0 Å². The van der Waals surface area contributed by atoms with Crippen molar-refractivity contribution in [1.29, 1.82) is 0 Å². The average Bonchev–Trinajstić information content (AvgIpc) is 2.69. The zero-order chi connectivity index (χ0) is 20.6. The molecule has 0 spiro atoms. The zero-order valence-electron chi connectivity index (χ0n) is 17.3. The Hall–Kier alpha value is -0.210. The SMILES string of the molecule is CN1c2ccccc2C(=C(OP(=O)([O-])O)Sc2ccc(Cl)cc2)c2ccccc21.[Na+].[Na]. The predicted molar refractivity (Wildman–Crippen MR) is 121 cm³/mol. The monoisotopic (exact) mass is 490 g/mol. The Balaban J connectivity index is 0.00000171. The summed E-state index contributed by atoms with van der Waals surface area (Å²) in [6, 6.07) is 22.2. The van der Waals surface area contributed by atoms with Gasteiger partial charge in [0.25, 0.3) is 0 Å². The van der Waals surface area contributed by atoms with E-state index in [0.717, 1.165) is 39.2 Å². The van der Waals surface area contributed by atoms with Crippen LogP contribution in [0.2, 0.25) is 5.02 Å². The third-order valence-corrected chi connectivity index (χ3v) is 6.27. The molecule has 1 N–H and O–H groups in total. The van der Waals surface area contributed by atoms with E-state index in [2.05, 4.69) is 0 Å². The van der Waals surface area contributed by atoms with Crippen molar-refractivity contribution < 1.29 is 48.4 Å². The Morgan fingerprint density at radius 1 is 1.00 bits per heavy atom. The maximum Gasteiger partial charge on any atom is 1.00 e. The van der Waals surface area contributed by atoms with Gasteiger partial charge in [-0.3, -0.25) is 4.57 Å². The minimum absolute atomic E-state index is 0. The predicted octanol–water partition coefficient (Wildman–Crippen LogP) is 2.03. The van der Waals surface area contributed by atoms with Gasteiger partial charge in [-0.1, -0.05) is 59.8 Å². The van der Waals surface area contributed by atoms with Crippen molar-refractivity contribution in [3.63, 3.8) is 0 Å². The van der Waals surface area contributed by atoms with E-state index < -0.39 is 7.82 Å². The average molecular weight is 491 g/mol. The van der Waals surface area contributed by atoms with E-state index >= 15 is 0 Å². The van der Waals surface area contributed by atoms with Crippen LogP contribution in [0.4, 0.5) is 11.4 Å². The number of phosphoric acid groups is 1. The van der Waals surface area contributed by atoms with Crippen LogP contribution >= 0.6 is 31.2 Å². The standard InChI is InChI=1S/C21H17ClNO4PS.2Na/c1-23-18-8-4-2-6-16(18)20(17-7-3-5-9-19(17)23)21(27-28(24,25)26)29-15-12-10-14(22)11-13-15;;/h2-13H,1H3,(H2,24,25,26);;/q;;+1/p-1. The summed E-state index contributed by atoms with van der Waals surface area (Å²) >= 11 is 7.07. The van der Waals surface area contributed by atoms with Gasteiger partial charge in [0.05, 0.1) is 0 Å². The van der Waals surface area contributed by atoms with Crippen molar-refractivity contribution in [1.82, 2.24) is 0 Å². The number of benzene rings is 3. The molecule has 0 amide bonds. The number of nitrogens with zero attached hydrogens (tertiary/aromatic N) is 1. The molecule has 0 bridgehead atoms. The van der Waals surface area contributed by atoms with Crippen LogP contribution in [0.15, 0.2) is 82.8 Å². The topological polar surface area (TPSA) is 72.8 Å². The van der Waals surface area contributed by atoms with Crippen molar-refractivity contribution in [2.75, 3.05) is 11.9 Å². The maximum absolute atomic E-state index is 11.7. The molecule has 1 aliphatic rings. The van der Waals surface area contributed by atoms with E-state index in [0.29, 0.717) is 10.6 Å². The maximum atomic E-state index is 11.7. The van der Waals surface area contributed by atoms with E-state index in [4.69, 9.17) is 16.1 Å². The van der Waals surface area contributed by atoms with Gasteiger partial charge in [-0.2, -0.15) is 0 Å². The van der Waals surface area contributed by atoms with Crippen LogP contribution in [-0.2, 0) is 9.09 Å². The molecule has 0 saturated carbocycles. The molecule has 1 unspecified atom stereocenters. The molecule has 0 aromatic heterocycles. The molecular formula is C21H16ClNNa2O4PS. The first-order valence-corrected chi connectivity index (χ1v) is 11.4. The summed E-state index contributed by atoms with van der Waals surface area (Å²) < 4.78 is 16.8. The first-order chi connectivity index (χ1) is 13.8. The normalized spacial score (nSPS) is 13.7. The number of hydrogen-bond donors (Lipinski definition) is 1. The number of para-hydroxylation sites is 2. The third-order valence-electron chi connectivity index (χ3n) is 4.50. The van der Waals surface area contributed by atoms with Crippen LogP contribution in [0.25, 0.3) is 5.57 Å². The summed E-state index contributed by atoms with van der Waals surface area (Å²) in [7, 11) is -3.09. The third kappa shape index (κ3) is 6.23. The second-order valence-corrected chi connectivity index (χ2v) is 8.97. The van der Waals surface area contributed by atoms with E-state index in [-0.39, 0.29) is 64.2 Å². The minimum atomic E-state index is -5.04.